The van der Waals surface area contributed by atoms with Gasteiger partial charge in [-0.2, -0.15) is 0 Å². The third-order valence-corrected chi connectivity index (χ3v) is 5.37. The topological polar surface area (TPSA) is 55.4 Å². The van der Waals surface area contributed by atoms with Gasteiger partial charge in [-0.3, -0.25) is 4.79 Å². The first-order chi connectivity index (χ1) is 15.8. The molecule has 1 aliphatic carbocycles. The Hall–Kier alpha value is -4.10. The lowest BCUT2D eigenvalue weighted by Crippen LogP contribution is -2.26. The number of ether oxygens (including phenoxy) is 1. The number of fused-ring (bicyclic) bond motifs is 3. The number of carbonyl (C=O) groups excluding carboxylic acids is 2. The molecular formula is C28H23NO3. The minimum atomic E-state index is -0.431. The SMILES string of the molecule is O=C/C=C/c1ccc(C#CCCNC(=O)OCC2c3ccccc3-c3ccccc32)cc1. The van der Waals surface area contributed by atoms with Crippen molar-refractivity contribution in [3.8, 4) is 23.0 Å². The van der Waals surface area contributed by atoms with Crippen molar-refractivity contribution in [2.75, 3.05) is 13.2 Å². The molecular weight excluding hydrogens is 398 g/mol. The first-order valence-corrected chi connectivity index (χ1v) is 10.6. The predicted molar refractivity (Wildman–Crippen MR) is 126 cm³/mol. The fourth-order valence-corrected chi connectivity index (χ4v) is 3.87. The summed E-state index contributed by atoms with van der Waals surface area (Å²) < 4.78 is 5.52. The molecule has 0 fully saturated rings. The molecule has 0 atom stereocenters. The van der Waals surface area contributed by atoms with Gasteiger partial charge in [0.2, 0.25) is 0 Å². The molecule has 0 spiro atoms. The van der Waals surface area contributed by atoms with Crippen LogP contribution in [0, 0.1) is 11.8 Å². The number of carbonyl (C=O) groups is 2. The summed E-state index contributed by atoms with van der Waals surface area (Å²) in [6.45, 7) is 0.722. The van der Waals surface area contributed by atoms with Crippen LogP contribution in [0.25, 0.3) is 17.2 Å². The summed E-state index contributed by atoms with van der Waals surface area (Å²) >= 11 is 0. The Morgan fingerprint density at radius 3 is 2.25 bits per heavy atom. The van der Waals surface area contributed by atoms with Gasteiger partial charge in [0.15, 0.2) is 0 Å². The molecule has 3 aromatic rings. The van der Waals surface area contributed by atoms with Gasteiger partial charge in [0.05, 0.1) is 0 Å². The van der Waals surface area contributed by atoms with Crippen molar-refractivity contribution in [1.82, 2.24) is 5.32 Å². The maximum atomic E-state index is 12.2. The molecule has 0 aromatic heterocycles. The van der Waals surface area contributed by atoms with Crippen LogP contribution in [0.2, 0.25) is 0 Å². The Kier molecular flexibility index (Phi) is 6.79. The zero-order valence-electron chi connectivity index (χ0n) is 17.6. The third kappa shape index (κ3) is 4.96. The number of hydrogen-bond donors (Lipinski definition) is 1. The van der Waals surface area contributed by atoms with E-state index in [0.29, 0.717) is 19.6 Å². The summed E-state index contributed by atoms with van der Waals surface area (Å²) in [6, 6.07) is 24.1. The van der Waals surface area contributed by atoms with Crippen molar-refractivity contribution in [3.05, 3.63) is 101 Å². The Balaban J connectivity index is 1.25. The second-order valence-corrected chi connectivity index (χ2v) is 7.42. The summed E-state index contributed by atoms with van der Waals surface area (Å²) in [7, 11) is 0. The molecule has 1 N–H and O–H groups in total. The van der Waals surface area contributed by atoms with Crippen LogP contribution >= 0.6 is 0 Å². The number of nitrogens with one attached hydrogen (secondary N) is 1. The highest BCUT2D eigenvalue weighted by Crippen LogP contribution is 2.44. The lowest BCUT2D eigenvalue weighted by Gasteiger charge is -2.14. The number of benzene rings is 3. The van der Waals surface area contributed by atoms with Crippen LogP contribution in [0.3, 0.4) is 0 Å². The maximum Gasteiger partial charge on any atom is 0.407 e. The van der Waals surface area contributed by atoms with Gasteiger partial charge in [0.25, 0.3) is 0 Å². The Morgan fingerprint density at radius 2 is 1.59 bits per heavy atom. The van der Waals surface area contributed by atoms with Gasteiger partial charge in [-0.15, -0.1) is 0 Å². The minimum Gasteiger partial charge on any atom is -0.449 e. The standard InChI is InChI=1S/C28H23NO3/c30-19-7-9-22-16-14-21(15-17-22)8-5-6-18-29-28(31)32-20-27-25-12-3-1-10-23(25)24-11-2-4-13-26(24)27/h1-4,7,9-17,19,27H,6,18,20H2,(H,29,31)/b9-7+. The molecule has 0 bridgehead atoms. The molecule has 1 aliphatic rings. The largest absolute Gasteiger partial charge is 0.449 e. The number of amides is 1. The lowest BCUT2D eigenvalue weighted by atomic mass is 9.98. The van der Waals surface area contributed by atoms with Crippen LogP contribution in [0.5, 0.6) is 0 Å². The average Bonchev–Trinajstić information content (AvgIpc) is 3.16. The number of hydrogen-bond acceptors (Lipinski definition) is 3. The Labute approximate surface area is 187 Å². The average molecular weight is 421 g/mol. The fraction of sp³-hybridized carbons (Fsp3) is 0.143. The molecule has 4 heteroatoms. The summed E-state index contributed by atoms with van der Waals surface area (Å²) in [6.07, 6.45) is 4.03. The number of alkyl carbamates (subject to hydrolysis) is 1. The quantitative estimate of drug-likeness (QED) is 0.258. The molecule has 0 saturated heterocycles. The zero-order valence-corrected chi connectivity index (χ0v) is 17.6. The maximum absolute atomic E-state index is 12.2. The van der Waals surface area contributed by atoms with E-state index in [2.05, 4.69) is 41.4 Å². The monoisotopic (exact) mass is 421 g/mol. The predicted octanol–water partition coefficient (Wildman–Crippen LogP) is 5.18. The molecule has 3 aromatic carbocycles. The third-order valence-electron chi connectivity index (χ3n) is 5.37. The van der Waals surface area contributed by atoms with Crippen LogP contribution in [-0.4, -0.2) is 25.5 Å². The van der Waals surface area contributed by atoms with E-state index in [-0.39, 0.29) is 5.92 Å². The van der Waals surface area contributed by atoms with Crippen LogP contribution in [0.15, 0.2) is 78.9 Å². The van der Waals surface area contributed by atoms with E-state index in [9.17, 15) is 9.59 Å². The lowest BCUT2D eigenvalue weighted by molar-refractivity contribution is -0.104. The van der Waals surface area contributed by atoms with Crippen LogP contribution in [0.4, 0.5) is 4.79 Å². The second kappa shape index (κ2) is 10.3. The molecule has 0 saturated carbocycles. The molecule has 0 heterocycles. The highest BCUT2D eigenvalue weighted by molar-refractivity contribution is 5.79. The van der Waals surface area contributed by atoms with Gasteiger partial charge >= 0.3 is 6.09 Å². The van der Waals surface area contributed by atoms with E-state index in [1.54, 1.807) is 6.08 Å². The van der Waals surface area contributed by atoms with E-state index < -0.39 is 6.09 Å². The molecule has 158 valence electrons. The van der Waals surface area contributed by atoms with Gasteiger partial charge < -0.3 is 10.1 Å². The van der Waals surface area contributed by atoms with E-state index in [1.165, 1.54) is 28.3 Å². The minimum absolute atomic E-state index is 0.0530. The fourth-order valence-electron chi connectivity index (χ4n) is 3.87. The Morgan fingerprint density at radius 1 is 0.938 bits per heavy atom. The molecule has 0 radical (unpaired) electrons. The van der Waals surface area contributed by atoms with Crippen molar-refractivity contribution >= 4 is 18.5 Å². The van der Waals surface area contributed by atoms with Crippen LogP contribution in [-0.2, 0) is 9.53 Å². The van der Waals surface area contributed by atoms with Gasteiger partial charge in [-0.05, 0) is 46.0 Å². The van der Waals surface area contributed by atoms with Gasteiger partial charge in [0, 0.05) is 24.4 Å². The molecule has 4 rings (SSSR count). The van der Waals surface area contributed by atoms with Crippen molar-refractivity contribution < 1.29 is 14.3 Å². The molecule has 0 unspecified atom stereocenters. The summed E-state index contributed by atoms with van der Waals surface area (Å²) in [5, 5.41) is 2.77. The van der Waals surface area contributed by atoms with E-state index in [0.717, 1.165) is 17.4 Å². The number of rotatable bonds is 6. The van der Waals surface area contributed by atoms with Crippen molar-refractivity contribution in [3.63, 3.8) is 0 Å². The van der Waals surface area contributed by atoms with Crippen LogP contribution < -0.4 is 5.32 Å². The molecule has 32 heavy (non-hydrogen) atoms. The second-order valence-electron chi connectivity index (χ2n) is 7.42. The highest BCUT2D eigenvalue weighted by atomic mass is 16.5. The van der Waals surface area contributed by atoms with E-state index in [4.69, 9.17) is 4.74 Å². The van der Waals surface area contributed by atoms with Gasteiger partial charge in [-0.1, -0.05) is 78.6 Å². The molecule has 0 aliphatic heterocycles. The van der Waals surface area contributed by atoms with E-state index in [1.807, 2.05) is 48.5 Å². The summed E-state index contributed by atoms with van der Waals surface area (Å²) in [5.74, 6) is 6.17. The molecule has 4 nitrogen and oxygen atoms in total. The van der Waals surface area contributed by atoms with Gasteiger partial charge in [0.1, 0.15) is 12.9 Å². The first kappa shape index (κ1) is 21.1. The zero-order chi connectivity index (χ0) is 22.2. The van der Waals surface area contributed by atoms with Crippen molar-refractivity contribution in [2.24, 2.45) is 0 Å². The van der Waals surface area contributed by atoms with E-state index >= 15 is 0 Å². The number of aldehydes is 1. The van der Waals surface area contributed by atoms with Crippen molar-refractivity contribution in [1.29, 1.82) is 0 Å². The van der Waals surface area contributed by atoms with Gasteiger partial charge in [-0.25, -0.2) is 4.79 Å². The summed E-state index contributed by atoms with van der Waals surface area (Å²) in [5.41, 5.74) is 6.63. The van der Waals surface area contributed by atoms with Crippen LogP contribution in [0.1, 0.15) is 34.6 Å². The highest BCUT2D eigenvalue weighted by Gasteiger charge is 2.28. The first-order valence-electron chi connectivity index (χ1n) is 10.6. The molecule has 1 amide bonds. The normalized spacial score (nSPS) is 11.9. The number of allylic oxidation sites excluding steroid dienone is 1. The Bertz CT molecular complexity index is 1150. The van der Waals surface area contributed by atoms with Crippen molar-refractivity contribution in [2.45, 2.75) is 12.3 Å². The smallest absolute Gasteiger partial charge is 0.407 e. The summed E-state index contributed by atoms with van der Waals surface area (Å²) in [4.78, 5) is 22.5.